The van der Waals surface area contributed by atoms with Crippen molar-refractivity contribution in [2.45, 2.75) is 0 Å². The van der Waals surface area contributed by atoms with Gasteiger partial charge < -0.3 is 10.4 Å². The van der Waals surface area contributed by atoms with Crippen molar-refractivity contribution in [3.8, 4) is 0 Å². The Bertz CT molecular complexity index is 600. The van der Waals surface area contributed by atoms with Crippen LogP contribution in [0.25, 0.3) is 0 Å². The number of carbonyl (C=O) groups is 2. The van der Waals surface area contributed by atoms with Crippen LogP contribution >= 0.6 is 11.3 Å². The maximum atomic E-state index is 11.6. The Kier molecular flexibility index (Phi) is 4.10. The predicted octanol–water partition coefficient (Wildman–Crippen LogP) is 3.25. The molecule has 0 aliphatic carbocycles. The maximum absolute atomic E-state index is 11.6. The number of rotatable bonds is 5. The molecule has 0 amide bonds. The maximum Gasteiger partial charge on any atom is 0.335 e. The Morgan fingerprint density at radius 1 is 1.16 bits per heavy atom. The quantitative estimate of drug-likeness (QED) is 0.648. The van der Waals surface area contributed by atoms with Crippen molar-refractivity contribution < 1.29 is 14.7 Å². The first-order valence-corrected chi connectivity index (χ1v) is 6.39. The molecule has 0 spiro atoms. The molecule has 2 rings (SSSR count). The standard InChI is InChI=1S/C14H11NO3S/c16-12(13-2-1-9-19-13)7-8-15-11-5-3-10(4-6-11)14(17)18/h1-9,15H,(H,17,18). The van der Waals surface area contributed by atoms with Crippen molar-refractivity contribution in [3.05, 3.63) is 64.5 Å². The van der Waals surface area contributed by atoms with E-state index in [9.17, 15) is 9.59 Å². The summed E-state index contributed by atoms with van der Waals surface area (Å²) in [7, 11) is 0. The van der Waals surface area contributed by atoms with Crippen LogP contribution in [0.2, 0.25) is 0 Å². The van der Waals surface area contributed by atoms with Gasteiger partial charge in [0.25, 0.3) is 0 Å². The molecule has 2 aromatic rings. The summed E-state index contributed by atoms with van der Waals surface area (Å²) in [4.78, 5) is 23.0. The fourth-order valence-electron chi connectivity index (χ4n) is 1.42. The van der Waals surface area contributed by atoms with E-state index in [1.54, 1.807) is 18.2 Å². The molecule has 1 aromatic carbocycles. The van der Waals surface area contributed by atoms with Gasteiger partial charge in [-0.25, -0.2) is 4.79 Å². The predicted molar refractivity (Wildman–Crippen MR) is 74.8 cm³/mol. The van der Waals surface area contributed by atoms with Gasteiger partial charge in [-0.2, -0.15) is 0 Å². The van der Waals surface area contributed by atoms with Crippen LogP contribution in [-0.4, -0.2) is 16.9 Å². The molecule has 0 aliphatic rings. The van der Waals surface area contributed by atoms with Gasteiger partial charge >= 0.3 is 5.97 Å². The number of thiophene rings is 1. The first kappa shape index (κ1) is 13.0. The van der Waals surface area contributed by atoms with E-state index in [0.717, 1.165) is 5.69 Å². The summed E-state index contributed by atoms with van der Waals surface area (Å²) in [5.41, 5.74) is 0.949. The first-order valence-electron chi connectivity index (χ1n) is 5.51. The normalized spacial score (nSPS) is 10.5. The molecule has 0 atom stereocenters. The van der Waals surface area contributed by atoms with Gasteiger partial charge in [0.05, 0.1) is 10.4 Å². The Morgan fingerprint density at radius 3 is 2.47 bits per heavy atom. The summed E-state index contributed by atoms with van der Waals surface area (Å²) in [5.74, 6) is -1.03. The number of aromatic carboxylic acids is 1. The van der Waals surface area contributed by atoms with Gasteiger partial charge in [-0.1, -0.05) is 6.07 Å². The van der Waals surface area contributed by atoms with E-state index in [4.69, 9.17) is 5.11 Å². The van der Waals surface area contributed by atoms with Gasteiger partial charge in [-0.3, -0.25) is 4.79 Å². The first-order chi connectivity index (χ1) is 9.16. The minimum atomic E-state index is -0.963. The molecule has 2 N–H and O–H groups in total. The van der Waals surface area contributed by atoms with Crippen molar-refractivity contribution in [1.29, 1.82) is 0 Å². The summed E-state index contributed by atoms with van der Waals surface area (Å²) < 4.78 is 0. The van der Waals surface area contributed by atoms with Crippen LogP contribution in [0.4, 0.5) is 5.69 Å². The van der Waals surface area contributed by atoms with Gasteiger partial charge in [-0.15, -0.1) is 11.3 Å². The van der Waals surface area contributed by atoms with Gasteiger partial charge in [-0.05, 0) is 35.7 Å². The number of carboxylic acids is 1. The van der Waals surface area contributed by atoms with E-state index in [2.05, 4.69) is 5.32 Å². The molecule has 1 heterocycles. The van der Waals surface area contributed by atoms with Crippen molar-refractivity contribution in [2.75, 3.05) is 5.32 Å². The van der Waals surface area contributed by atoms with E-state index >= 15 is 0 Å². The van der Waals surface area contributed by atoms with Crippen LogP contribution in [0, 0.1) is 0 Å². The van der Waals surface area contributed by atoms with E-state index in [1.165, 1.54) is 35.7 Å². The molecule has 0 fully saturated rings. The van der Waals surface area contributed by atoms with Gasteiger partial charge in [0.15, 0.2) is 5.78 Å². The summed E-state index contributed by atoms with van der Waals surface area (Å²) in [6.45, 7) is 0. The topological polar surface area (TPSA) is 66.4 Å². The highest BCUT2D eigenvalue weighted by atomic mass is 32.1. The Balaban J connectivity index is 1.95. The molecule has 5 heteroatoms. The average Bonchev–Trinajstić information content (AvgIpc) is 2.93. The van der Waals surface area contributed by atoms with Crippen LogP contribution in [0.1, 0.15) is 20.0 Å². The fraction of sp³-hybridized carbons (Fsp3) is 0. The number of anilines is 1. The highest BCUT2D eigenvalue weighted by molar-refractivity contribution is 7.12. The number of hydrogen-bond donors (Lipinski definition) is 2. The minimum absolute atomic E-state index is 0.0651. The van der Waals surface area contributed by atoms with E-state index in [-0.39, 0.29) is 11.3 Å². The smallest absolute Gasteiger partial charge is 0.335 e. The van der Waals surface area contributed by atoms with Gasteiger partial charge in [0.2, 0.25) is 0 Å². The molecule has 0 saturated carbocycles. The van der Waals surface area contributed by atoms with Crippen molar-refractivity contribution >= 4 is 28.8 Å². The number of nitrogens with one attached hydrogen (secondary N) is 1. The zero-order valence-electron chi connectivity index (χ0n) is 9.87. The van der Waals surface area contributed by atoms with Crippen LogP contribution in [0.3, 0.4) is 0 Å². The zero-order chi connectivity index (χ0) is 13.7. The van der Waals surface area contributed by atoms with E-state index in [0.29, 0.717) is 4.88 Å². The van der Waals surface area contributed by atoms with E-state index in [1.807, 2.05) is 11.4 Å². The summed E-state index contributed by atoms with van der Waals surface area (Å²) >= 11 is 1.39. The molecule has 0 aliphatic heterocycles. The highest BCUT2D eigenvalue weighted by Crippen LogP contribution is 2.11. The monoisotopic (exact) mass is 273 g/mol. The number of allylic oxidation sites excluding steroid dienone is 1. The highest BCUT2D eigenvalue weighted by Gasteiger charge is 2.02. The number of hydrogen-bond acceptors (Lipinski definition) is 4. The molecule has 4 nitrogen and oxygen atoms in total. The molecule has 0 unspecified atom stereocenters. The molecule has 96 valence electrons. The third kappa shape index (κ3) is 3.53. The van der Waals surface area contributed by atoms with E-state index < -0.39 is 5.97 Å². The lowest BCUT2D eigenvalue weighted by molar-refractivity contribution is 0.0696. The fourth-order valence-corrected chi connectivity index (χ4v) is 2.07. The number of ketones is 1. The van der Waals surface area contributed by atoms with Crippen LogP contribution in [0.5, 0.6) is 0 Å². The second kappa shape index (κ2) is 5.97. The lowest BCUT2D eigenvalue weighted by Gasteiger charge is -2.00. The number of carboxylic acid groups (broad SMARTS) is 1. The molecule has 0 saturated heterocycles. The molecular weight excluding hydrogens is 262 g/mol. The Labute approximate surface area is 114 Å². The average molecular weight is 273 g/mol. The van der Waals surface area contributed by atoms with Crippen molar-refractivity contribution in [3.63, 3.8) is 0 Å². The lowest BCUT2D eigenvalue weighted by Crippen LogP contribution is -1.97. The van der Waals surface area contributed by atoms with Crippen molar-refractivity contribution in [2.24, 2.45) is 0 Å². The number of benzene rings is 1. The molecule has 0 radical (unpaired) electrons. The zero-order valence-corrected chi connectivity index (χ0v) is 10.7. The van der Waals surface area contributed by atoms with Crippen molar-refractivity contribution in [1.82, 2.24) is 0 Å². The van der Waals surface area contributed by atoms with Crippen LogP contribution in [0.15, 0.2) is 54.1 Å². The summed E-state index contributed by atoms with van der Waals surface area (Å²) in [6.07, 6.45) is 2.98. The van der Waals surface area contributed by atoms with Crippen LogP contribution in [-0.2, 0) is 0 Å². The molecule has 19 heavy (non-hydrogen) atoms. The number of carbonyl (C=O) groups excluding carboxylic acids is 1. The molecule has 0 bridgehead atoms. The molecule has 1 aromatic heterocycles. The second-order valence-corrected chi connectivity index (χ2v) is 4.65. The second-order valence-electron chi connectivity index (χ2n) is 3.70. The van der Waals surface area contributed by atoms with Crippen LogP contribution < -0.4 is 5.32 Å². The summed E-state index contributed by atoms with van der Waals surface area (Å²) in [6, 6.07) is 9.87. The summed E-state index contributed by atoms with van der Waals surface area (Å²) in [5, 5.41) is 13.5. The third-order valence-electron chi connectivity index (χ3n) is 2.38. The lowest BCUT2D eigenvalue weighted by atomic mass is 10.2. The minimum Gasteiger partial charge on any atom is -0.478 e. The SMILES string of the molecule is O=C(O)c1ccc(NC=CC(=O)c2cccs2)cc1. The Hall–Kier alpha value is -2.40. The Morgan fingerprint density at radius 2 is 1.89 bits per heavy atom. The van der Waals surface area contributed by atoms with Gasteiger partial charge in [0.1, 0.15) is 0 Å². The van der Waals surface area contributed by atoms with Gasteiger partial charge in [0, 0.05) is 18.0 Å². The third-order valence-corrected chi connectivity index (χ3v) is 3.27. The molecular formula is C14H11NO3S. The largest absolute Gasteiger partial charge is 0.478 e.